The first-order valence-corrected chi connectivity index (χ1v) is 9.30. The predicted molar refractivity (Wildman–Crippen MR) is 104 cm³/mol. The van der Waals surface area contributed by atoms with E-state index in [1.54, 1.807) is 17.8 Å². The molecule has 1 heterocycles. The molecule has 0 spiro atoms. The molecule has 128 valence electrons. The van der Waals surface area contributed by atoms with Crippen LogP contribution in [0.15, 0.2) is 58.0 Å². The predicted octanol–water partition coefficient (Wildman–Crippen LogP) is 4.15. The fourth-order valence-corrected chi connectivity index (χ4v) is 3.54. The molecule has 0 saturated carbocycles. The van der Waals surface area contributed by atoms with Gasteiger partial charge in [-0.1, -0.05) is 39.8 Å². The van der Waals surface area contributed by atoms with Crippen molar-refractivity contribution in [3.63, 3.8) is 0 Å². The second-order valence-electron chi connectivity index (χ2n) is 5.31. The summed E-state index contributed by atoms with van der Waals surface area (Å²) in [5.74, 6) is 0.690. The van der Waals surface area contributed by atoms with Gasteiger partial charge in [-0.25, -0.2) is 0 Å². The van der Waals surface area contributed by atoms with Crippen molar-refractivity contribution in [1.82, 2.24) is 0 Å². The van der Waals surface area contributed by atoms with Crippen LogP contribution in [0.4, 0.5) is 11.4 Å². The molecular formula is C17H14BrN3O3S. The van der Waals surface area contributed by atoms with Crippen LogP contribution in [0.25, 0.3) is 0 Å². The highest BCUT2D eigenvalue weighted by Crippen LogP contribution is 2.25. The number of nitrogens with zero attached hydrogens (tertiary/aromatic N) is 3. The Bertz CT molecular complexity index is 839. The molecule has 0 aromatic heterocycles. The molecule has 0 unspecified atom stereocenters. The summed E-state index contributed by atoms with van der Waals surface area (Å²) < 4.78 is 0.947. The average molecular weight is 420 g/mol. The maximum Gasteiger partial charge on any atom is 0.270 e. The Morgan fingerprint density at radius 2 is 2.04 bits per heavy atom. The number of anilines is 1. The summed E-state index contributed by atoms with van der Waals surface area (Å²) in [7, 11) is 0. The molecule has 6 nitrogen and oxygen atoms in total. The number of amidine groups is 1. The van der Waals surface area contributed by atoms with Gasteiger partial charge in [0.05, 0.1) is 18.0 Å². The van der Waals surface area contributed by atoms with E-state index in [0.717, 1.165) is 27.6 Å². The zero-order valence-corrected chi connectivity index (χ0v) is 15.5. The standard InChI is InChI=1S/C17H14BrN3O3S/c18-13-4-6-14(7-5-13)20(17-19-8-9-25-17)11-16(22)12-2-1-3-15(10-12)21(23)24/h1-7,10H,8-9,11H2. The minimum absolute atomic E-state index is 0.0780. The molecule has 3 rings (SSSR count). The zero-order chi connectivity index (χ0) is 17.8. The minimum atomic E-state index is -0.500. The first-order valence-electron chi connectivity index (χ1n) is 7.52. The number of halogens is 1. The van der Waals surface area contributed by atoms with Crippen molar-refractivity contribution in [2.75, 3.05) is 23.7 Å². The SMILES string of the molecule is O=C(CN(C1=NCCS1)c1ccc(Br)cc1)c1cccc([N+](=O)[O-])c1. The van der Waals surface area contributed by atoms with Gasteiger partial charge in [0.25, 0.3) is 5.69 Å². The molecule has 2 aromatic carbocycles. The number of Topliss-reactive ketones (excluding diaryl/α,β-unsaturated/α-hetero) is 1. The fourth-order valence-electron chi connectivity index (χ4n) is 2.41. The average Bonchev–Trinajstić information content (AvgIpc) is 3.15. The van der Waals surface area contributed by atoms with Crippen LogP contribution >= 0.6 is 27.7 Å². The van der Waals surface area contributed by atoms with Gasteiger partial charge in [-0.05, 0) is 24.3 Å². The molecule has 0 radical (unpaired) electrons. The van der Waals surface area contributed by atoms with Gasteiger partial charge in [0.1, 0.15) is 0 Å². The molecule has 0 saturated heterocycles. The zero-order valence-electron chi connectivity index (χ0n) is 13.1. The van der Waals surface area contributed by atoms with E-state index in [2.05, 4.69) is 20.9 Å². The summed E-state index contributed by atoms with van der Waals surface area (Å²) in [5.41, 5.74) is 1.09. The third-order valence-electron chi connectivity index (χ3n) is 3.62. The Morgan fingerprint density at radius 1 is 1.28 bits per heavy atom. The summed E-state index contributed by atoms with van der Waals surface area (Å²) in [6.45, 7) is 0.798. The van der Waals surface area contributed by atoms with Crippen LogP contribution in [0.3, 0.4) is 0 Å². The van der Waals surface area contributed by atoms with Crippen LogP contribution in [0, 0.1) is 10.1 Å². The first kappa shape index (κ1) is 17.6. The summed E-state index contributed by atoms with van der Waals surface area (Å²) in [5, 5.41) is 11.7. The number of hydrogen-bond acceptors (Lipinski definition) is 6. The normalized spacial score (nSPS) is 13.4. The molecule has 0 amide bonds. The number of nitro groups is 1. The Kier molecular flexibility index (Phi) is 5.50. The topological polar surface area (TPSA) is 75.8 Å². The third-order valence-corrected chi connectivity index (χ3v) is 5.14. The molecule has 25 heavy (non-hydrogen) atoms. The van der Waals surface area contributed by atoms with Crippen molar-refractivity contribution in [2.24, 2.45) is 4.99 Å². The Labute approximate surface area is 157 Å². The largest absolute Gasteiger partial charge is 0.313 e. The molecule has 0 N–H and O–H groups in total. The van der Waals surface area contributed by atoms with Crippen molar-refractivity contribution in [3.05, 3.63) is 68.7 Å². The maximum absolute atomic E-state index is 12.7. The minimum Gasteiger partial charge on any atom is -0.313 e. The van der Waals surface area contributed by atoms with Crippen LogP contribution in [-0.2, 0) is 0 Å². The fraction of sp³-hybridized carbons (Fsp3) is 0.176. The van der Waals surface area contributed by atoms with Crippen LogP contribution in [0.2, 0.25) is 0 Å². The van der Waals surface area contributed by atoms with E-state index in [9.17, 15) is 14.9 Å². The van der Waals surface area contributed by atoms with Crippen LogP contribution in [0.5, 0.6) is 0 Å². The summed E-state index contributed by atoms with van der Waals surface area (Å²) in [4.78, 5) is 29.4. The third kappa shape index (κ3) is 4.26. The lowest BCUT2D eigenvalue weighted by atomic mass is 10.1. The number of carbonyl (C=O) groups excluding carboxylic acids is 1. The molecule has 0 aliphatic carbocycles. The number of hydrogen-bond donors (Lipinski definition) is 0. The van der Waals surface area contributed by atoms with Crippen molar-refractivity contribution >= 4 is 50.0 Å². The van der Waals surface area contributed by atoms with Crippen LogP contribution in [-0.4, -0.2) is 34.7 Å². The van der Waals surface area contributed by atoms with Crippen molar-refractivity contribution < 1.29 is 9.72 Å². The number of rotatable bonds is 5. The number of thioether (sulfide) groups is 1. The number of ketones is 1. The van der Waals surface area contributed by atoms with Gasteiger partial charge in [-0.15, -0.1) is 0 Å². The van der Waals surface area contributed by atoms with Crippen molar-refractivity contribution in [3.8, 4) is 0 Å². The second kappa shape index (κ2) is 7.79. The van der Waals surface area contributed by atoms with E-state index in [0.29, 0.717) is 5.56 Å². The number of aliphatic imine (C=N–C) groups is 1. The van der Waals surface area contributed by atoms with Crippen molar-refractivity contribution in [1.29, 1.82) is 0 Å². The maximum atomic E-state index is 12.7. The molecule has 0 bridgehead atoms. The van der Waals surface area contributed by atoms with Crippen LogP contribution in [0.1, 0.15) is 10.4 Å². The summed E-state index contributed by atoms with van der Waals surface area (Å²) >= 11 is 5.00. The molecule has 0 atom stereocenters. The Balaban J connectivity index is 1.87. The highest BCUT2D eigenvalue weighted by atomic mass is 79.9. The first-order chi connectivity index (χ1) is 12.0. The highest BCUT2D eigenvalue weighted by molar-refractivity contribution is 9.10. The number of benzene rings is 2. The monoisotopic (exact) mass is 419 g/mol. The smallest absolute Gasteiger partial charge is 0.270 e. The van der Waals surface area contributed by atoms with E-state index < -0.39 is 4.92 Å². The van der Waals surface area contributed by atoms with Gasteiger partial charge in [0.15, 0.2) is 11.0 Å². The lowest BCUT2D eigenvalue weighted by Gasteiger charge is -2.23. The second-order valence-corrected chi connectivity index (χ2v) is 7.28. The summed E-state index contributed by atoms with van der Waals surface area (Å²) in [6, 6.07) is 13.4. The molecule has 8 heteroatoms. The number of nitro benzene ring substituents is 1. The molecule has 2 aromatic rings. The number of non-ortho nitro benzene ring substituents is 1. The van der Waals surface area contributed by atoms with Gasteiger partial charge in [-0.3, -0.25) is 19.9 Å². The van der Waals surface area contributed by atoms with Gasteiger partial charge in [0, 0.05) is 33.6 Å². The van der Waals surface area contributed by atoms with E-state index >= 15 is 0 Å². The molecule has 1 aliphatic heterocycles. The van der Waals surface area contributed by atoms with Gasteiger partial charge >= 0.3 is 0 Å². The quantitative estimate of drug-likeness (QED) is 0.413. The molecular weight excluding hydrogens is 406 g/mol. The van der Waals surface area contributed by atoms with E-state index in [4.69, 9.17) is 0 Å². The Hall–Kier alpha value is -2.19. The van der Waals surface area contributed by atoms with Crippen LogP contribution < -0.4 is 4.90 Å². The van der Waals surface area contributed by atoms with Crippen molar-refractivity contribution in [2.45, 2.75) is 0 Å². The Morgan fingerprint density at radius 3 is 2.68 bits per heavy atom. The van der Waals surface area contributed by atoms with E-state index in [1.165, 1.54) is 18.2 Å². The number of carbonyl (C=O) groups is 1. The summed E-state index contributed by atoms with van der Waals surface area (Å²) in [6.07, 6.45) is 0. The van der Waals surface area contributed by atoms with Gasteiger partial charge in [-0.2, -0.15) is 0 Å². The van der Waals surface area contributed by atoms with E-state index in [-0.39, 0.29) is 18.0 Å². The highest BCUT2D eigenvalue weighted by Gasteiger charge is 2.22. The van der Waals surface area contributed by atoms with E-state index in [1.807, 2.05) is 29.2 Å². The lowest BCUT2D eigenvalue weighted by molar-refractivity contribution is -0.384. The lowest BCUT2D eigenvalue weighted by Crippen LogP contribution is -2.33. The van der Waals surface area contributed by atoms with Gasteiger partial charge in [0.2, 0.25) is 0 Å². The molecule has 0 fully saturated rings. The molecule has 1 aliphatic rings. The van der Waals surface area contributed by atoms with Gasteiger partial charge < -0.3 is 4.90 Å².